The summed E-state index contributed by atoms with van der Waals surface area (Å²) in [5.41, 5.74) is 3.21. The van der Waals surface area contributed by atoms with Crippen LogP contribution in [0.1, 0.15) is 63.6 Å². The Bertz CT molecular complexity index is 911. The van der Waals surface area contributed by atoms with Gasteiger partial charge in [-0.25, -0.2) is 0 Å². The van der Waals surface area contributed by atoms with E-state index in [1.165, 1.54) is 5.56 Å². The summed E-state index contributed by atoms with van der Waals surface area (Å²) < 4.78 is 0. The van der Waals surface area contributed by atoms with E-state index in [1.54, 1.807) is 24.0 Å². The van der Waals surface area contributed by atoms with E-state index in [9.17, 15) is 9.59 Å². The van der Waals surface area contributed by atoms with Crippen molar-refractivity contribution in [1.29, 1.82) is 0 Å². The molecule has 1 N–H and O–H groups in total. The minimum atomic E-state index is -0.598. The number of nitrogens with zero attached hydrogens (tertiary/aromatic N) is 1. The number of carbonyl (C=O) groups excluding carboxylic acids is 2. The van der Waals surface area contributed by atoms with Crippen molar-refractivity contribution in [3.05, 3.63) is 69.2 Å². The van der Waals surface area contributed by atoms with Gasteiger partial charge in [0.2, 0.25) is 11.8 Å². The lowest BCUT2D eigenvalue weighted by Crippen LogP contribution is -2.48. The molecule has 2 aromatic rings. The maximum atomic E-state index is 13.2. The fourth-order valence-electron chi connectivity index (χ4n) is 3.33. The standard InChI is InChI=1S/C26H34Cl2N2O2/c1-17(2)15-29-26(32)19(5)30(16-21-8-12-23(27)24(28)14-21)25(31)13-9-20-6-10-22(11-7-20)18(3)4/h6-8,10-12,14,17-19H,9,13,15-16H2,1-5H3,(H,29,32)/t19-/m1/s1. The van der Waals surface area contributed by atoms with Crippen LogP contribution >= 0.6 is 23.2 Å². The number of hydrogen-bond donors (Lipinski definition) is 1. The van der Waals surface area contributed by atoms with Crippen LogP contribution in [0.15, 0.2) is 42.5 Å². The molecule has 0 saturated heterocycles. The molecule has 0 bridgehead atoms. The van der Waals surface area contributed by atoms with E-state index >= 15 is 0 Å². The second kappa shape index (κ2) is 12.3. The highest BCUT2D eigenvalue weighted by Crippen LogP contribution is 2.24. The molecule has 6 heteroatoms. The molecule has 0 aromatic heterocycles. The lowest BCUT2D eigenvalue weighted by atomic mass is 10.00. The molecule has 0 radical (unpaired) electrons. The van der Waals surface area contributed by atoms with E-state index in [1.807, 2.05) is 19.9 Å². The summed E-state index contributed by atoms with van der Waals surface area (Å²) >= 11 is 12.2. The lowest BCUT2D eigenvalue weighted by Gasteiger charge is -2.29. The largest absolute Gasteiger partial charge is 0.354 e. The number of nitrogens with one attached hydrogen (secondary N) is 1. The zero-order chi connectivity index (χ0) is 23.8. The first-order chi connectivity index (χ1) is 15.1. The molecule has 32 heavy (non-hydrogen) atoms. The Morgan fingerprint density at radius 3 is 2.09 bits per heavy atom. The van der Waals surface area contributed by atoms with Gasteiger partial charge in [-0.2, -0.15) is 0 Å². The Labute approximate surface area is 202 Å². The number of carbonyl (C=O) groups is 2. The monoisotopic (exact) mass is 476 g/mol. The van der Waals surface area contributed by atoms with Crippen LogP contribution in [-0.4, -0.2) is 29.3 Å². The van der Waals surface area contributed by atoms with Crippen molar-refractivity contribution in [2.45, 2.75) is 66.0 Å². The van der Waals surface area contributed by atoms with Gasteiger partial charge in [0, 0.05) is 19.5 Å². The van der Waals surface area contributed by atoms with Gasteiger partial charge in [-0.15, -0.1) is 0 Å². The summed E-state index contributed by atoms with van der Waals surface area (Å²) in [4.78, 5) is 27.6. The second-order valence-corrected chi connectivity index (χ2v) is 9.80. The Balaban J connectivity index is 2.14. The topological polar surface area (TPSA) is 49.4 Å². The maximum absolute atomic E-state index is 13.2. The molecule has 0 aliphatic rings. The highest BCUT2D eigenvalue weighted by Gasteiger charge is 2.26. The predicted molar refractivity (Wildman–Crippen MR) is 133 cm³/mol. The van der Waals surface area contributed by atoms with Crippen LogP contribution in [-0.2, 0) is 22.6 Å². The molecule has 4 nitrogen and oxygen atoms in total. The smallest absolute Gasteiger partial charge is 0.242 e. The molecular formula is C26H34Cl2N2O2. The zero-order valence-corrected chi connectivity index (χ0v) is 21.1. The molecule has 0 spiro atoms. The molecule has 0 saturated carbocycles. The molecule has 0 fully saturated rings. The van der Waals surface area contributed by atoms with Crippen molar-refractivity contribution in [1.82, 2.24) is 10.2 Å². The molecule has 174 valence electrons. The van der Waals surface area contributed by atoms with Crippen LogP contribution < -0.4 is 5.32 Å². The minimum absolute atomic E-state index is 0.0730. The summed E-state index contributed by atoms with van der Waals surface area (Å²) in [7, 11) is 0. The van der Waals surface area contributed by atoms with Gasteiger partial charge < -0.3 is 10.2 Å². The third-order valence-corrected chi connectivity index (χ3v) is 6.20. The summed E-state index contributed by atoms with van der Waals surface area (Å²) in [6.07, 6.45) is 0.944. The summed E-state index contributed by atoms with van der Waals surface area (Å²) in [5, 5.41) is 3.82. The summed E-state index contributed by atoms with van der Waals surface area (Å²) in [5.74, 6) is 0.571. The van der Waals surface area contributed by atoms with Crippen LogP contribution in [0.3, 0.4) is 0 Å². The molecule has 0 aliphatic heterocycles. The van der Waals surface area contributed by atoms with E-state index in [4.69, 9.17) is 23.2 Å². The number of benzene rings is 2. The maximum Gasteiger partial charge on any atom is 0.242 e. The highest BCUT2D eigenvalue weighted by molar-refractivity contribution is 6.42. The Hall–Kier alpha value is -2.04. The van der Waals surface area contributed by atoms with Crippen LogP contribution in [0, 0.1) is 5.92 Å². The van der Waals surface area contributed by atoms with E-state index in [-0.39, 0.29) is 18.4 Å². The van der Waals surface area contributed by atoms with Crippen molar-refractivity contribution in [3.8, 4) is 0 Å². The van der Waals surface area contributed by atoms with Gasteiger partial charge in [-0.1, -0.05) is 81.2 Å². The molecule has 2 rings (SSSR count). The molecular weight excluding hydrogens is 443 g/mol. The Morgan fingerprint density at radius 2 is 1.53 bits per heavy atom. The Morgan fingerprint density at radius 1 is 0.906 bits per heavy atom. The molecule has 0 aliphatic carbocycles. The van der Waals surface area contributed by atoms with Gasteiger partial charge in [0.1, 0.15) is 6.04 Å². The molecule has 2 amide bonds. The first-order valence-corrected chi connectivity index (χ1v) is 11.9. The summed E-state index contributed by atoms with van der Waals surface area (Å²) in [6, 6.07) is 13.1. The van der Waals surface area contributed by atoms with E-state index in [2.05, 4.69) is 43.4 Å². The average molecular weight is 477 g/mol. The van der Waals surface area contributed by atoms with Gasteiger partial charge in [0.15, 0.2) is 0 Å². The van der Waals surface area contributed by atoms with Gasteiger partial charge in [0.05, 0.1) is 10.0 Å². The van der Waals surface area contributed by atoms with Crippen LogP contribution in [0.4, 0.5) is 0 Å². The molecule has 0 heterocycles. The van der Waals surface area contributed by atoms with Gasteiger partial charge >= 0.3 is 0 Å². The molecule has 0 unspecified atom stereocenters. The minimum Gasteiger partial charge on any atom is -0.354 e. The van der Waals surface area contributed by atoms with Crippen molar-refractivity contribution in [2.75, 3.05) is 6.54 Å². The summed E-state index contributed by atoms with van der Waals surface area (Å²) in [6.45, 7) is 11.0. The van der Waals surface area contributed by atoms with Crippen molar-refractivity contribution >= 4 is 35.0 Å². The second-order valence-electron chi connectivity index (χ2n) is 8.98. The van der Waals surface area contributed by atoms with Gasteiger partial charge in [-0.05, 0) is 54.0 Å². The van der Waals surface area contributed by atoms with Crippen molar-refractivity contribution in [2.24, 2.45) is 5.92 Å². The van der Waals surface area contributed by atoms with E-state index < -0.39 is 6.04 Å². The lowest BCUT2D eigenvalue weighted by molar-refractivity contribution is -0.140. The quantitative estimate of drug-likeness (QED) is 0.441. The van der Waals surface area contributed by atoms with Gasteiger partial charge in [0.25, 0.3) is 0 Å². The third-order valence-electron chi connectivity index (χ3n) is 5.46. The molecule has 2 aromatic carbocycles. The molecule has 1 atom stereocenters. The average Bonchev–Trinajstić information content (AvgIpc) is 2.76. The third kappa shape index (κ3) is 7.83. The van der Waals surface area contributed by atoms with Crippen molar-refractivity contribution in [3.63, 3.8) is 0 Å². The number of rotatable bonds is 10. The number of aryl methyl sites for hydroxylation is 1. The van der Waals surface area contributed by atoms with Crippen LogP contribution in [0.5, 0.6) is 0 Å². The number of amides is 2. The van der Waals surface area contributed by atoms with E-state index in [0.717, 1.165) is 11.1 Å². The fourth-order valence-corrected chi connectivity index (χ4v) is 3.65. The zero-order valence-electron chi connectivity index (χ0n) is 19.6. The predicted octanol–water partition coefficient (Wildman–Crippen LogP) is 6.24. The number of halogens is 2. The first kappa shape index (κ1) is 26.2. The normalized spacial score (nSPS) is 12.2. The highest BCUT2D eigenvalue weighted by atomic mass is 35.5. The van der Waals surface area contributed by atoms with Gasteiger partial charge in [-0.3, -0.25) is 9.59 Å². The van der Waals surface area contributed by atoms with E-state index in [0.29, 0.717) is 41.3 Å². The van der Waals surface area contributed by atoms with Crippen LogP contribution in [0.2, 0.25) is 10.0 Å². The first-order valence-electron chi connectivity index (χ1n) is 11.2. The SMILES string of the molecule is CC(C)CNC(=O)[C@@H](C)N(Cc1ccc(Cl)c(Cl)c1)C(=O)CCc1ccc(C(C)C)cc1. The Kier molecular flexibility index (Phi) is 10.0. The van der Waals surface area contributed by atoms with Crippen molar-refractivity contribution < 1.29 is 9.59 Å². The number of hydrogen-bond acceptors (Lipinski definition) is 2. The fraction of sp³-hybridized carbons (Fsp3) is 0.462. The van der Waals surface area contributed by atoms with Crippen LogP contribution in [0.25, 0.3) is 0 Å².